The summed E-state index contributed by atoms with van der Waals surface area (Å²) in [7, 11) is -4.11. The molecule has 0 aliphatic heterocycles. The summed E-state index contributed by atoms with van der Waals surface area (Å²) in [5, 5.41) is 0. The van der Waals surface area contributed by atoms with Crippen molar-refractivity contribution in [3.63, 3.8) is 0 Å². The number of hydrogen-bond donors (Lipinski definition) is 1. The zero-order valence-electron chi connectivity index (χ0n) is 6.19. The molecule has 0 fully saturated rings. The molecule has 7 heteroatoms. The van der Waals surface area contributed by atoms with Gasteiger partial charge in [-0.2, -0.15) is 12.7 Å². The Morgan fingerprint density at radius 3 is 2.00 bits per heavy atom. The lowest BCUT2D eigenvalue weighted by atomic mass is 10.7. The normalized spacial score (nSPS) is 14.3. The fourth-order valence-electron chi connectivity index (χ4n) is 0.598. The highest BCUT2D eigenvalue weighted by molar-refractivity contribution is 7.83. The average Bonchev–Trinajstić information content (AvgIpc) is 1.60. The molecule has 0 spiro atoms. The van der Waals surface area contributed by atoms with Crippen molar-refractivity contribution in [3.8, 4) is 0 Å². The second kappa shape index (κ2) is 5.16. The van der Waals surface area contributed by atoms with Crippen molar-refractivity contribution in [1.82, 2.24) is 4.31 Å². The minimum absolute atomic E-state index is 0. The van der Waals surface area contributed by atoms with Crippen LogP contribution < -0.4 is 0 Å². The van der Waals surface area contributed by atoms with Crippen molar-refractivity contribution in [2.24, 2.45) is 0 Å². The van der Waals surface area contributed by atoms with Crippen molar-refractivity contribution < 1.29 is 13.0 Å². The van der Waals surface area contributed by atoms with E-state index in [-0.39, 0.29) is 19.0 Å². The summed E-state index contributed by atoms with van der Waals surface area (Å²) in [6.45, 7) is 3.23. The number of hydrogen-bond acceptors (Lipinski definition) is 2. The maximum atomic E-state index is 10.4. The maximum absolute atomic E-state index is 10.4. The fraction of sp³-hybridized carbons (Fsp3) is 1.00. The van der Waals surface area contributed by atoms with Crippen LogP contribution in [0.3, 0.4) is 0 Å². The van der Waals surface area contributed by atoms with Crippen LogP contribution in [0.25, 0.3) is 0 Å². The third kappa shape index (κ3) is 4.81. The summed E-state index contributed by atoms with van der Waals surface area (Å²) in [4.78, 5) is 0. The Morgan fingerprint density at radius 2 is 2.00 bits per heavy atom. The highest BCUT2D eigenvalue weighted by atomic mass is 35.5. The quantitative estimate of drug-likeness (QED) is 0.444. The number of rotatable bonds is 3. The molecule has 0 saturated carbocycles. The van der Waals surface area contributed by atoms with Gasteiger partial charge in [0.2, 0.25) is 0 Å². The van der Waals surface area contributed by atoms with E-state index in [2.05, 4.69) is 0 Å². The van der Waals surface area contributed by atoms with Gasteiger partial charge in [-0.05, 0) is 6.92 Å². The van der Waals surface area contributed by atoms with Crippen LogP contribution in [0.5, 0.6) is 0 Å². The van der Waals surface area contributed by atoms with Gasteiger partial charge in [0.05, 0.1) is 5.50 Å². The van der Waals surface area contributed by atoms with Crippen molar-refractivity contribution in [1.29, 1.82) is 0 Å². The van der Waals surface area contributed by atoms with Gasteiger partial charge in [0, 0.05) is 6.54 Å². The molecule has 1 unspecified atom stereocenters. The van der Waals surface area contributed by atoms with Crippen LogP contribution in [-0.4, -0.2) is 29.3 Å². The van der Waals surface area contributed by atoms with E-state index >= 15 is 0 Å². The lowest BCUT2D eigenvalue weighted by molar-refractivity contribution is 0.354. The molecular formula is C4H11Cl2NO3S. The maximum Gasteiger partial charge on any atom is 0.337 e. The predicted molar refractivity (Wildman–Crippen MR) is 46.5 cm³/mol. The van der Waals surface area contributed by atoms with Crippen LogP contribution in [0.1, 0.15) is 13.8 Å². The molecule has 70 valence electrons. The molecule has 0 heterocycles. The summed E-state index contributed by atoms with van der Waals surface area (Å²) < 4.78 is 30.0. The molecule has 0 aromatic rings. The molecule has 0 amide bonds. The Hall–Kier alpha value is 0.450. The molecule has 0 radical (unpaired) electrons. The van der Waals surface area contributed by atoms with E-state index in [9.17, 15) is 8.42 Å². The molecule has 0 aliphatic rings. The zero-order valence-corrected chi connectivity index (χ0v) is 8.58. The van der Waals surface area contributed by atoms with E-state index in [1.165, 1.54) is 6.92 Å². The van der Waals surface area contributed by atoms with E-state index in [1.54, 1.807) is 6.92 Å². The van der Waals surface area contributed by atoms with Crippen molar-refractivity contribution >= 4 is 34.3 Å². The second-order valence-electron chi connectivity index (χ2n) is 1.76. The fourth-order valence-corrected chi connectivity index (χ4v) is 1.73. The van der Waals surface area contributed by atoms with E-state index in [0.717, 1.165) is 4.31 Å². The Morgan fingerprint density at radius 1 is 1.64 bits per heavy atom. The molecule has 0 aromatic heterocycles. The molecular weight excluding hydrogens is 213 g/mol. The van der Waals surface area contributed by atoms with Crippen LogP contribution in [0.4, 0.5) is 0 Å². The van der Waals surface area contributed by atoms with Gasteiger partial charge >= 0.3 is 10.3 Å². The van der Waals surface area contributed by atoms with E-state index in [0.29, 0.717) is 0 Å². The van der Waals surface area contributed by atoms with Crippen molar-refractivity contribution in [3.05, 3.63) is 0 Å². The van der Waals surface area contributed by atoms with Crippen molar-refractivity contribution in [2.75, 3.05) is 6.54 Å². The zero-order chi connectivity index (χ0) is 8.36. The molecule has 0 aromatic carbocycles. The van der Waals surface area contributed by atoms with Crippen LogP contribution in [-0.2, 0) is 10.3 Å². The van der Waals surface area contributed by atoms with Crippen LogP contribution in [0.15, 0.2) is 0 Å². The average molecular weight is 224 g/mol. The topological polar surface area (TPSA) is 57.6 Å². The summed E-state index contributed by atoms with van der Waals surface area (Å²) >= 11 is 5.42. The van der Waals surface area contributed by atoms with Crippen LogP contribution in [0, 0.1) is 0 Å². The smallest absolute Gasteiger partial charge is 0.273 e. The molecule has 11 heavy (non-hydrogen) atoms. The van der Waals surface area contributed by atoms with Gasteiger partial charge in [-0.25, -0.2) is 0 Å². The molecule has 0 rings (SSSR count). The van der Waals surface area contributed by atoms with E-state index < -0.39 is 15.8 Å². The first-order valence-corrected chi connectivity index (χ1v) is 4.61. The summed E-state index contributed by atoms with van der Waals surface area (Å²) in [5.74, 6) is 0. The minimum atomic E-state index is -4.11. The first-order valence-electron chi connectivity index (χ1n) is 2.78. The summed E-state index contributed by atoms with van der Waals surface area (Å²) in [6.07, 6.45) is 0. The van der Waals surface area contributed by atoms with E-state index in [4.69, 9.17) is 16.2 Å². The van der Waals surface area contributed by atoms with Gasteiger partial charge in [0.1, 0.15) is 0 Å². The van der Waals surface area contributed by atoms with Gasteiger partial charge in [-0.15, -0.1) is 24.0 Å². The third-order valence-electron chi connectivity index (χ3n) is 1.00. The first kappa shape index (κ1) is 14.0. The molecule has 4 nitrogen and oxygen atoms in total. The van der Waals surface area contributed by atoms with Gasteiger partial charge < -0.3 is 0 Å². The van der Waals surface area contributed by atoms with Gasteiger partial charge in [0.15, 0.2) is 0 Å². The molecule has 1 atom stereocenters. The third-order valence-corrected chi connectivity index (χ3v) is 2.52. The largest absolute Gasteiger partial charge is 0.337 e. The number of nitrogens with zero attached hydrogens (tertiary/aromatic N) is 1. The lowest BCUT2D eigenvalue weighted by Crippen LogP contribution is -2.34. The Bertz CT molecular complexity index is 192. The second-order valence-corrected chi connectivity index (χ2v) is 3.75. The summed E-state index contributed by atoms with van der Waals surface area (Å²) in [5.41, 5.74) is -0.708. The summed E-state index contributed by atoms with van der Waals surface area (Å²) in [6, 6.07) is 0. The van der Waals surface area contributed by atoms with Crippen LogP contribution >= 0.6 is 24.0 Å². The Labute approximate surface area is 77.8 Å². The number of alkyl halides is 1. The highest BCUT2D eigenvalue weighted by Crippen LogP contribution is 2.07. The van der Waals surface area contributed by atoms with Gasteiger partial charge in [-0.3, -0.25) is 4.55 Å². The van der Waals surface area contributed by atoms with E-state index in [1.807, 2.05) is 0 Å². The molecule has 0 saturated heterocycles. The molecule has 0 aliphatic carbocycles. The SMILES string of the molecule is CCN(C(C)Cl)S(=O)(=O)O.Cl. The standard InChI is InChI=1S/C4H10ClNO3S.ClH/c1-3-6(4(2)5)10(7,8)9;/h4H,3H2,1-2H3,(H,7,8,9);1H. The first-order chi connectivity index (χ1) is 4.39. The monoisotopic (exact) mass is 223 g/mol. The highest BCUT2D eigenvalue weighted by Gasteiger charge is 2.20. The Balaban J connectivity index is 0. The lowest BCUT2D eigenvalue weighted by Gasteiger charge is -2.17. The molecule has 1 N–H and O–H groups in total. The minimum Gasteiger partial charge on any atom is -0.273 e. The molecule has 0 bridgehead atoms. The van der Waals surface area contributed by atoms with Crippen molar-refractivity contribution in [2.45, 2.75) is 19.3 Å². The van der Waals surface area contributed by atoms with Gasteiger partial charge in [0.25, 0.3) is 0 Å². The van der Waals surface area contributed by atoms with Crippen LogP contribution in [0.2, 0.25) is 0 Å². The predicted octanol–water partition coefficient (Wildman–Crippen LogP) is 1.12. The Kier molecular flexibility index (Phi) is 6.57. The van der Waals surface area contributed by atoms with Gasteiger partial charge in [-0.1, -0.05) is 6.92 Å². The number of halogens is 2.